The summed E-state index contributed by atoms with van der Waals surface area (Å²) >= 11 is 1.67. The molecule has 0 aliphatic rings. The van der Waals surface area contributed by atoms with E-state index in [4.69, 9.17) is 10.5 Å². The Labute approximate surface area is 101 Å². The molecule has 1 aromatic rings. The van der Waals surface area contributed by atoms with Crippen molar-refractivity contribution >= 4 is 11.3 Å². The van der Waals surface area contributed by atoms with Crippen LogP contribution in [0.4, 0.5) is 0 Å². The highest BCUT2D eigenvalue weighted by atomic mass is 32.1. The van der Waals surface area contributed by atoms with Crippen molar-refractivity contribution in [1.82, 2.24) is 10.3 Å². The summed E-state index contributed by atoms with van der Waals surface area (Å²) in [5.41, 5.74) is 5.98. The Morgan fingerprint density at radius 2 is 2.44 bits per heavy atom. The van der Waals surface area contributed by atoms with Crippen LogP contribution in [0.2, 0.25) is 0 Å². The largest absolute Gasteiger partial charge is 0.385 e. The number of hydrogen-bond acceptors (Lipinski definition) is 5. The van der Waals surface area contributed by atoms with Gasteiger partial charge in [-0.3, -0.25) is 0 Å². The highest BCUT2D eigenvalue weighted by Crippen LogP contribution is 2.14. The molecule has 1 aromatic heterocycles. The van der Waals surface area contributed by atoms with E-state index in [1.54, 1.807) is 18.4 Å². The van der Waals surface area contributed by atoms with E-state index >= 15 is 0 Å². The first-order chi connectivity index (χ1) is 7.74. The van der Waals surface area contributed by atoms with Gasteiger partial charge in [-0.05, 0) is 19.8 Å². The molecule has 0 bridgehead atoms. The van der Waals surface area contributed by atoms with Gasteiger partial charge in [0.1, 0.15) is 5.01 Å². The van der Waals surface area contributed by atoms with Crippen molar-refractivity contribution in [2.24, 2.45) is 5.73 Å². The molecule has 5 heteroatoms. The van der Waals surface area contributed by atoms with Crippen LogP contribution >= 0.6 is 11.3 Å². The van der Waals surface area contributed by atoms with Crippen LogP contribution in [0.15, 0.2) is 11.6 Å². The number of methoxy groups -OCH3 is 1. The number of rotatable bonds is 8. The molecule has 2 unspecified atom stereocenters. The van der Waals surface area contributed by atoms with E-state index in [9.17, 15) is 0 Å². The van der Waals surface area contributed by atoms with Gasteiger partial charge in [0.15, 0.2) is 0 Å². The van der Waals surface area contributed by atoms with Crippen LogP contribution in [-0.2, 0) is 4.74 Å². The molecule has 4 nitrogen and oxygen atoms in total. The summed E-state index contributed by atoms with van der Waals surface area (Å²) in [5.74, 6) is 0. The summed E-state index contributed by atoms with van der Waals surface area (Å²) in [6.07, 6.45) is 3.84. The van der Waals surface area contributed by atoms with Crippen LogP contribution in [0, 0.1) is 0 Å². The van der Waals surface area contributed by atoms with Crippen molar-refractivity contribution in [2.45, 2.75) is 31.8 Å². The highest BCUT2D eigenvalue weighted by Gasteiger charge is 2.09. The lowest BCUT2D eigenvalue weighted by Crippen LogP contribution is -2.35. The monoisotopic (exact) mass is 243 g/mol. The smallest absolute Gasteiger partial charge is 0.109 e. The van der Waals surface area contributed by atoms with Gasteiger partial charge in [0, 0.05) is 37.9 Å². The van der Waals surface area contributed by atoms with Gasteiger partial charge in [-0.1, -0.05) is 0 Å². The van der Waals surface area contributed by atoms with Crippen molar-refractivity contribution < 1.29 is 4.74 Å². The number of thiazole rings is 1. The molecule has 1 rings (SSSR count). The maximum atomic E-state index is 5.98. The Morgan fingerprint density at radius 1 is 1.62 bits per heavy atom. The number of nitrogens with two attached hydrogens (primary N) is 1. The van der Waals surface area contributed by atoms with Crippen molar-refractivity contribution in [3.63, 3.8) is 0 Å². The Bertz CT molecular complexity index is 266. The summed E-state index contributed by atoms with van der Waals surface area (Å²) in [6, 6.07) is 0.478. The summed E-state index contributed by atoms with van der Waals surface area (Å²) < 4.78 is 4.99. The van der Waals surface area contributed by atoms with E-state index in [-0.39, 0.29) is 12.1 Å². The van der Waals surface area contributed by atoms with Crippen LogP contribution in [0.3, 0.4) is 0 Å². The number of hydrogen-bond donors (Lipinski definition) is 2. The quantitative estimate of drug-likeness (QED) is 0.680. The molecule has 0 spiro atoms. The number of aromatic nitrogens is 1. The Hall–Kier alpha value is -0.490. The maximum Gasteiger partial charge on any atom is 0.109 e. The molecule has 0 fully saturated rings. The highest BCUT2D eigenvalue weighted by molar-refractivity contribution is 7.09. The number of nitrogens with one attached hydrogen (secondary N) is 1. The van der Waals surface area contributed by atoms with Gasteiger partial charge in [0.2, 0.25) is 0 Å². The summed E-state index contributed by atoms with van der Waals surface area (Å²) in [5, 5.41) is 6.50. The van der Waals surface area contributed by atoms with E-state index in [1.807, 2.05) is 11.6 Å². The summed E-state index contributed by atoms with van der Waals surface area (Å²) in [7, 11) is 1.72. The maximum absolute atomic E-state index is 5.98. The Kier molecular flexibility index (Phi) is 6.56. The molecule has 0 amide bonds. The predicted octanol–water partition coefficient (Wildman–Crippen LogP) is 1.55. The van der Waals surface area contributed by atoms with Crippen LogP contribution in [0.5, 0.6) is 0 Å². The standard InChI is InChI=1S/C11H21N3OS/c1-9(11-13-5-7-16-11)14-8-10(12)4-3-6-15-2/h5,7,9-10,14H,3-4,6,8,12H2,1-2H3. The van der Waals surface area contributed by atoms with Crippen LogP contribution in [-0.4, -0.2) is 31.3 Å². The Balaban J connectivity index is 2.14. The van der Waals surface area contributed by atoms with Crippen molar-refractivity contribution in [3.8, 4) is 0 Å². The lowest BCUT2D eigenvalue weighted by molar-refractivity contribution is 0.190. The van der Waals surface area contributed by atoms with Gasteiger partial charge in [-0.15, -0.1) is 11.3 Å². The van der Waals surface area contributed by atoms with Gasteiger partial charge >= 0.3 is 0 Å². The minimum atomic E-state index is 0.192. The lowest BCUT2D eigenvalue weighted by Gasteiger charge is -2.16. The minimum absolute atomic E-state index is 0.192. The van der Waals surface area contributed by atoms with Crippen LogP contribution in [0.1, 0.15) is 30.8 Å². The van der Waals surface area contributed by atoms with Gasteiger partial charge in [-0.2, -0.15) is 0 Å². The van der Waals surface area contributed by atoms with E-state index in [0.29, 0.717) is 0 Å². The molecule has 2 atom stereocenters. The molecule has 92 valence electrons. The summed E-state index contributed by atoms with van der Waals surface area (Å²) in [4.78, 5) is 4.26. The SMILES string of the molecule is COCCCC(N)CNC(C)c1nccs1. The average Bonchev–Trinajstić information content (AvgIpc) is 2.79. The van der Waals surface area contributed by atoms with Crippen molar-refractivity contribution in [2.75, 3.05) is 20.3 Å². The van der Waals surface area contributed by atoms with Crippen molar-refractivity contribution in [1.29, 1.82) is 0 Å². The zero-order chi connectivity index (χ0) is 11.8. The zero-order valence-electron chi connectivity index (χ0n) is 9.98. The van der Waals surface area contributed by atoms with Gasteiger partial charge in [-0.25, -0.2) is 4.98 Å². The molecule has 0 saturated carbocycles. The molecule has 0 aliphatic carbocycles. The molecule has 1 heterocycles. The van der Waals surface area contributed by atoms with E-state index in [0.717, 1.165) is 31.0 Å². The van der Waals surface area contributed by atoms with Crippen molar-refractivity contribution in [3.05, 3.63) is 16.6 Å². The normalized spacial score (nSPS) is 14.9. The molecule has 3 N–H and O–H groups in total. The zero-order valence-corrected chi connectivity index (χ0v) is 10.8. The fraction of sp³-hybridized carbons (Fsp3) is 0.727. The second-order valence-electron chi connectivity index (χ2n) is 3.90. The van der Waals surface area contributed by atoms with Gasteiger partial charge in [0.25, 0.3) is 0 Å². The third-order valence-electron chi connectivity index (χ3n) is 2.43. The second-order valence-corrected chi connectivity index (χ2v) is 4.82. The van der Waals surface area contributed by atoms with E-state index < -0.39 is 0 Å². The first kappa shape index (κ1) is 13.6. The van der Waals surface area contributed by atoms with Crippen LogP contribution in [0.25, 0.3) is 0 Å². The molecule has 0 saturated heterocycles. The molecule has 0 radical (unpaired) electrons. The Morgan fingerprint density at radius 3 is 3.06 bits per heavy atom. The fourth-order valence-corrected chi connectivity index (χ4v) is 2.13. The third-order valence-corrected chi connectivity index (χ3v) is 3.39. The fourth-order valence-electron chi connectivity index (χ4n) is 1.46. The third kappa shape index (κ3) is 5.03. The van der Waals surface area contributed by atoms with E-state index in [2.05, 4.69) is 17.2 Å². The predicted molar refractivity (Wildman–Crippen MR) is 67.6 cm³/mol. The first-order valence-corrected chi connectivity index (χ1v) is 6.49. The molecular weight excluding hydrogens is 222 g/mol. The lowest BCUT2D eigenvalue weighted by atomic mass is 10.1. The topological polar surface area (TPSA) is 60.2 Å². The molecule has 16 heavy (non-hydrogen) atoms. The van der Waals surface area contributed by atoms with Gasteiger partial charge < -0.3 is 15.8 Å². The summed E-state index contributed by atoms with van der Waals surface area (Å²) in [6.45, 7) is 3.72. The average molecular weight is 243 g/mol. The first-order valence-electron chi connectivity index (χ1n) is 5.61. The van der Waals surface area contributed by atoms with E-state index in [1.165, 1.54) is 0 Å². The number of nitrogens with zero attached hydrogens (tertiary/aromatic N) is 1. The van der Waals surface area contributed by atoms with Gasteiger partial charge in [0.05, 0.1) is 6.04 Å². The number of ether oxygens (including phenoxy) is 1. The molecular formula is C11H21N3OS. The van der Waals surface area contributed by atoms with Crippen LogP contribution < -0.4 is 11.1 Å². The second kappa shape index (κ2) is 7.73. The minimum Gasteiger partial charge on any atom is -0.385 e. The molecule has 0 aromatic carbocycles. The molecule has 0 aliphatic heterocycles.